The first-order chi connectivity index (χ1) is 9.33. The number of hydrogen-bond donors (Lipinski definition) is 2. The summed E-state index contributed by atoms with van der Waals surface area (Å²) in [7, 11) is 3.29. The van der Waals surface area contributed by atoms with Crippen LogP contribution in [0.1, 0.15) is 11.3 Å². The molecule has 0 radical (unpaired) electrons. The van der Waals surface area contributed by atoms with E-state index in [4.69, 9.17) is 9.47 Å². The van der Waals surface area contributed by atoms with Crippen molar-refractivity contribution in [3.63, 3.8) is 0 Å². The van der Waals surface area contributed by atoms with Gasteiger partial charge in [-0.15, -0.1) is 0 Å². The second kappa shape index (κ2) is 6.80. The van der Waals surface area contributed by atoms with Crippen LogP contribution in [0, 0.1) is 0 Å². The summed E-state index contributed by atoms with van der Waals surface area (Å²) < 4.78 is 10.5. The van der Waals surface area contributed by atoms with Gasteiger partial charge in [0.2, 0.25) is 0 Å². The Labute approximate surface area is 113 Å². The van der Waals surface area contributed by atoms with Crippen LogP contribution < -0.4 is 14.8 Å². The molecular weight excluding hydrogens is 242 g/mol. The number of H-pyrrole nitrogens is 1. The largest absolute Gasteiger partial charge is 0.493 e. The lowest BCUT2D eigenvalue weighted by atomic mass is 10.1. The van der Waals surface area contributed by atoms with E-state index < -0.39 is 0 Å². The van der Waals surface area contributed by atoms with E-state index in [9.17, 15) is 0 Å². The van der Waals surface area contributed by atoms with E-state index in [1.54, 1.807) is 20.5 Å². The zero-order valence-corrected chi connectivity index (χ0v) is 11.3. The van der Waals surface area contributed by atoms with E-state index in [-0.39, 0.29) is 0 Å². The molecule has 0 saturated carbocycles. The summed E-state index contributed by atoms with van der Waals surface area (Å²) in [5.41, 5.74) is 2.31. The molecule has 19 heavy (non-hydrogen) atoms. The van der Waals surface area contributed by atoms with Crippen LogP contribution in [-0.4, -0.2) is 30.7 Å². The maximum Gasteiger partial charge on any atom is 0.160 e. The van der Waals surface area contributed by atoms with Gasteiger partial charge in [0.15, 0.2) is 11.5 Å². The number of aromatic amines is 1. The second-order valence-corrected chi connectivity index (χ2v) is 4.19. The number of methoxy groups -OCH3 is 2. The fourth-order valence-electron chi connectivity index (χ4n) is 1.87. The lowest BCUT2D eigenvalue weighted by Gasteiger charge is -2.09. The van der Waals surface area contributed by atoms with Crippen LogP contribution >= 0.6 is 0 Å². The highest BCUT2D eigenvalue weighted by molar-refractivity contribution is 5.42. The summed E-state index contributed by atoms with van der Waals surface area (Å²) in [6.45, 7) is 1.70. The molecule has 2 N–H and O–H groups in total. The highest BCUT2D eigenvalue weighted by atomic mass is 16.5. The monoisotopic (exact) mass is 261 g/mol. The van der Waals surface area contributed by atoms with E-state index in [0.29, 0.717) is 0 Å². The van der Waals surface area contributed by atoms with Crippen LogP contribution in [0.15, 0.2) is 30.7 Å². The number of rotatable bonds is 7. The summed E-state index contributed by atoms with van der Waals surface area (Å²) in [6.07, 6.45) is 4.45. The van der Waals surface area contributed by atoms with Gasteiger partial charge in [0.1, 0.15) is 0 Å². The quantitative estimate of drug-likeness (QED) is 0.746. The average Bonchev–Trinajstić information content (AvgIpc) is 2.96. The van der Waals surface area contributed by atoms with E-state index in [0.717, 1.165) is 36.7 Å². The normalized spacial score (nSPS) is 10.4. The van der Waals surface area contributed by atoms with E-state index in [1.807, 2.05) is 18.3 Å². The summed E-state index contributed by atoms with van der Waals surface area (Å²) in [5, 5.41) is 3.36. The third-order valence-corrected chi connectivity index (χ3v) is 2.91. The number of imidazole rings is 1. The average molecular weight is 261 g/mol. The Morgan fingerprint density at radius 2 is 2.05 bits per heavy atom. The number of nitrogens with one attached hydrogen (secondary N) is 2. The molecule has 1 aromatic carbocycles. The fraction of sp³-hybridized carbons (Fsp3) is 0.357. The van der Waals surface area contributed by atoms with Gasteiger partial charge in [-0.2, -0.15) is 0 Å². The fourth-order valence-corrected chi connectivity index (χ4v) is 1.87. The highest BCUT2D eigenvalue weighted by Crippen LogP contribution is 2.27. The van der Waals surface area contributed by atoms with Crippen molar-refractivity contribution in [2.24, 2.45) is 0 Å². The van der Waals surface area contributed by atoms with Gasteiger partial charge in [0.25, 0.3) is 0 Å². The van der Waals surface area contributed by atoms with Crippen molar-refractivity contribution in [3.8, 4) is 11.5 Å². The van der Waals surface area contributed by atoms with Gasteiger partial charge < -0.3 is 19.8 Å². The molecule has 0 aliphatic rings. The van der Waals surface area contributed by atoms with Crippen LogP contribution in [-0.2, 0) is 13.0 Å². The molecule has 0 aliphatic heterocycles. The molecule has 0 amide bonds. The minimum atomic E-state index is 0.761. The van der Waals surface area contributed by atoms with Crippen molar-refractivity contribution in [1.82, 2.24) is 15.3 Å². The molecular formula is C14H19N3O2. The molecule has 5 nitrogen and oxygen atoms in total. The number of benzene rings is 1. The van der Waals surface area contributed by atoms with Crippen LogP contribution in [0.2, 0.25) is 0 Å². The van der Waals surface area contributed by atoms with Crippen LogP contribution in [0.3, 0.4) is 0 Å². The number of ether oxygens (including phenoxy) is 2. The number of hydrogen-bond acceptors (Lipinski definition) is 4. The molecule has 102 valence electrons. The molecule has 1 heterocycles. The van der Waals surface area contributed by atoms with Crippen molar-refractivity contribution in [2.75, 3.05) is 20.8 Å². The van der Waals surface area contributed by atoms with Crippen molar-refractivity contribution < 1.29 is 9.47 Å². The smallest absolute Gasteiger partial charge is 0.160 e. The third kappa shape index (κ3) is 3.72. The number of nitrogens with zero attached hydrogens (tertiary/aromatic N) is 1. The Morgan fingerprint density at radius 1 is 1.21 bits per heavy atom. The SMILES string of the molecule is COc1ccc(CCNCc2cnc[nH]2)cc1OC. The molecule has 2 aromatic rings. The first kappa shape index (κ1) is 13.4. The minimum absolute atomic E-state index is 0.761. The summed E-state index contributed by atoms with van der Waals surface area (Å²) in [5.74, 6) is 1.53. The van der Waals surface area contributed by atoms with E-state index in [2.05, 4.69) is 21.4 Å². The molecule has 0 aliphatic carbocycles. The molecule has 0 saturated heterocycles. The molecule has 5 heteroatoms. The topological polar surface area (TPSA) is 59.2 Å². The van der Waals surface area contributed by atoms with Gasteiger partial charge >= 0.3 is 0 Å². The van der Waals surface area contributed by atoms with Crippen molar-refractivity contribution in [3.05, 3.63) is 42.0 Å². The Kier molecular flexibility index (Phi) is 4.80. The van der Waals surface area contributed by atoms with Crippen LogP contribution in [0.4, 0.5) is 0 Å². The molecule has 0 spiro atoms. The Balaban J connectivity index is 1.82. The lowest BCUT2D eigenvalue weighted by Crippen LogP contribution is -2.16. The third-order valence-electron chi connectivity index (χ3n) is 2.91. The minimum Gasteiger partial charge on any atom is -0.493 e. The molecule has 2 rings (SSSR count). The van der Waals surface area contributed by atoms with Gasteiger partial charge in [-0.3, -0.25) is 0 Å². The first-order valence-electron chi connectivity index (χ1n) is 6.22. The Hall–Kier alpha value is -2.01. The molecule has 0 unspecified atom stereocenters. The van der Waals surface area contributed by atoms with Crippen molar-refractivity contribution >= 4 is 0 Å². The summed E-state index contributed by atoms with van der Waals surface area (Å²) >= 11 is 0. The summed E-state index contributed by atoms with van der Waals surface area (Å²) in [6, 6.07) is 6.00. The predicted octanol–water partition coefficient (Wildman–Crippen LogP) is 1.76. The predicted molar refractivity (Wildman–Crippen MR) is 73.5 cm³/mol. The Bertz CT molecular complexity index is 497. The van der Waals surface area contributed by atoms with Gasteiger partial charge in [0, 0.05) is 18.4 Å². The van der Waals surface area contributed by atoms with Gasteiger partial charge in [0.05, 0.1) is 20.5 Å². The zero-order valence-electron chi connectivity index (χ0n) is 11.3. The zero-order chi connectivity index (χ0) is 13.5. The lowest BCUT2D eigenvalue weighted by molar-refractivity contribution is 0.354. The van der Waals surface area contributed by atoms with Gasteiger partial charge in [-0.25, -0.2) is 4.98 Å². The highest BCUT2D eigenvalue weighted by Gasteiger charge is 2.04. The molecule has 0 fully saturated rings. The molecule has 1 aromatic heterocycles. The van der Waals surface area contributed by atoms with Crippen molar-refractivity contribution in [2.45, 2.75) is 13.0 Å². The van der Waals surface area contributed by atoms with Gasteiger partial charge in [-0.05, 0) is 30.7 Å². The first-order valence-corrected chi connectivity index (χ1v) is 6.22. The number of aromatic nitrogens is 2. The van der Waals surface area contributed by atoms with E-state index in [1.165, 1.54) is 5.56 Å². The molecule has 0 bridgehead atoms. The van der Waals surface area contributed by atoms with Crippen molar-refractivity contribution in [1.29, 1.82) is 0 Å². The Morgan fingerprint density at radius 3 is 2.74 bits per heavy atom. The molecule has 0 atom stereocenters. The second-order valence-electron chi connectivity index (χ2n) is 4.19. The van der Waals surface area contributed by atoms with Gasteiger partial charge in [-0.1, -0.05) is 6.07 Å². The van der Waals surface area contributed by atoms with Crippen LogP contribution in [0.5, 0.6) is 11.5 Å². The summed E-state index contributed by atoms with van der Waals surface area (Å²) in [4.78, 5) is 7.03. The standard InChI is InChI=1S/C14H19N3O2/c1-18-13-4-3-11(7-14(13)19-2)5-6-15-8-12-9-16-10-17-12/h3-4,7,9-10,15H,5-6,8H2,1-2H3,(H,16,17). The van der Waals surface area contributed by atoms with E-state index >= 15 is 0 Å². The maximum absolute atomic E-state index is 5.28. The maximum atomic E-state index is 5.28. The van der Waals surface area contributed by atoms with Crippen LogP contribution in [0.25, 0.3) is 0 Å².